The SMILES string of the molecule is COc1ccc(CN(CC#N)C(C)C)cc1Br. The first kappa shape index (κ1) is 14.0. The van der Waals surface area contributed by atoms with E-state index in [-0.39, 0.29) is 0 Å². The fourth-order valence-electron chi connectivity index (χ4n) is 1.55. The van der Waals surface area contributed by atoms with Crippen molar-refractivity contribution >= 4 is 15.9 Å². The van der Waals surface area contributed by atoms with Gasteiger partial charge in [0.05, 0.1) is 24.2 Å². The van der Waals surface area contributed by atoms with Crippen LogP contribution < -0.4 is 4.74 Å². The fourth-order valence-corrected chi connectivity index (χ4v) is 2.14. The largest absolute Gasteiger partial charge is 0.496 e. The van der Waals surface area contributed by atoms with Crippen molar-refractivity contribution < 1.29 is 4.74 Å². The van der Waals surface area contributed by atoms with Gasteiger partial charge >= 0.3 is 0 Å². The summed E-state index contributed by atoms with van der Waals surface area (Å²) in [6.07, 6.45) is 0. The van der Waals surface area contributed by atoms with E-state index in [0.29, 0.717) is 12.6 Å². The second kappa shape index (κ2) is 6.63. The second-order valence-corrected chi connectivity index (χ2v) is 4.98. The quantitative estimate of drug-likeness (QED) is 0.783. The van der Waals surface area contributed by atoms with Crippen molar-refractivity contribution in [3.63, 3.8) is 0 Å². The Labute approximate surface area is 111 Å². The van der Waals surface area contributed by atoms with Crippen LogP contribution in [0.5, 0.6) is 5.75 Å². The van der Waals surface area contributed by atoms with Crippen LogP contribution in [0, 0.1) is 11.3 Å². The topological polar surface area (TPSA) is 36.3 Å². The highest BCUT2D eigenvalue weighted by Gasteiger charge is 2.10. The summed E-state index contributed by atoms with van der Waals surface area (Å²) in [6.45, 7) is 5.40. The van der Waals surface area contributed by atoms with Crippen molar-refractivity contribution in [2.75, 3.05) is 13.7 Å². The number of hydrogen-bond acceptors (Lipinski definition) is 3. The molecule has 0 unspecified atom stereocenters. The van der Waals surface area contributed by atoms with Gasteiger partial charge in [0, 0.05) is 12.6 Å². The molecule has 0 aliphatic rings. The third kappa shape index (κ3) is 4.03. The second-order valence-electron chi connectivity index (χ2n) is 4.13. The molecule has 0 spiro atoms. The summed E-state index contributed by atoms with van der Waals surface area (Å²) in [4.78, 5) is 2.12. The first-order chi connectivity index (χ1) is 8.08. The third-order valence-corrected chi connectivity index (χ3v) is 3.23. The molecule has 17 heavy (non-hydrogen) atoms. The Balaban J connectivity index is 2.80. The van der Waals surface area contributed by atoms with Gasteiger partial charge in [0.2, 0.25) is 0 Å². The maximum absolute atomic E-state index is 8.78. The number of ether oxygens (including phenoxy) is 1. The van der Waals surface area contributed by atoms with E-state index in [1.54, 1.807) is 7.11 Å². The molecule has 1 rings (SSSR count). The van der Waals surface area contributed by atoms with Gasteiger partial charge in [0.15, 0.2) is 0 Å². The molecule has 0 radical (unpaired) electrons. The molecular formula is C13H17BrN2O. The molecular weight excluding hydrogens is 280 g/mol. The molecule has 1 aromatic rings. The van der Waals surface area contributed by atoms with E-state index in [1.807, 2.05) is 18.2 Å². The van der Waals surface area contributed by atoms with E-state index in [0.717, 1.165) is 16.8 Å². The smallest absolute Gasteiger partial charge is 0.133 e. The standard InChI is InChI=1S/C13H17BrN2O/c1-10(2)16(7-6-15)9-11-4-5-13(17-3)12(14)8-11/h4-5,8,10H,7,9H2,1-3H3. The van der Waals surface area contributed by atoms with E-state index < -0.39 is 0 Å². The average Bonchev–Trinajstić information content (AvgIpc) is 2.28. The fraction of sp³-hybridized carbons (Fsp3) is 0.462. The van der Waals surface area contributed by atoms with Gasteiger partial charge < -0.3 is 4.74 Å². The van der Waals surface area contributed by atoms with Crippen molar-refractivity contribution in [1.29, 1.82) is 5.26 Å². The van der Waals surface area contributed by atoms with Gasteiger partial charge in [0.1, 0.15) is 5.75 Å². The van der Waals surface area contributed by atoms with Crippen molar-refractivity contribution in [2.24, 2.45) is 0 Å². The highest BCUT2D eigenvalue weighted by molar-refractivity contribution is 9.10. The van der Waals surface area contributed by atoms with E-state index in [1.165, 1.54) is 5.56 Å². The predicted octanol–water partition coefficient (Wildman–Crippen LogP) is 3.19. The molecule has 0 heterocycles. The minimum absolute atomic E-state index is 0.357. The van der Waals surface area contributed by atoms with Crippen LogP contribution in [0.2, 0.25) is 0 Å². The van der Waals surface area contributed by atoms with Gasteiger partial charge in [0.25, 0.3) is 0 Å². The van der Waals surface area contributed by atoms with Gasteiger partial charge in [-0.25, -0.2) is 0 Å². The van der Waals surface area contributed by atoms with Crippen LogP contribution in [0.1, 0.15) is 19.4 Å². The molecule has 0 fully saturated rings. The maximum Gasteiger partial charge on any atom is 0.133 e. The van der Waals surface area contributed by atoms with Crippen LogP contribution in [-0.4, -0.2) is 24.6 Å². The lowest BCUT2D eigenvalue weighted by Gasteiger charge is -2.23. The van der Waals surface area contributed by atoms with E-state index in [2.05, 4.69) is 40.7 Å². The lowest BCUT2D eigenvalue weighted by Crippen LogP contribution is -2.30. The van der Waals surface area contributed by atoms with Crippen molar-refractivity contribution in [3.05, 3.63) is 28.2 Å². The zero-order chi connectivity index (χ0) is 12.8. The molecule has 1 aromatic carbocycles. The zero-order valence-electron chi connectivity index (χ0n) is 10.4. The van der Waals surface area contributed by atoms with Crippen LogP contribution in [0.4, 0.5) is 0 Å². The Morgan fingerprint density at radius 2 is 2.18 bits per heavy atom. The van der Waals surface area contributed by atoms with E-state index in [4.69, 9.17) is 10.00 Å². The van der Waals surface area contributed by atoms with Gasteiger partial charge in [-0.15, -0.1) is 0 Å². The van der Waals surface area contributed by atoms with Crippen LogP contribution in [-0.2, 0) is 6.54 Å². The number of nitriles is 1. The molecule has 4 heteroatoms. The third-order valence-electron chi connectivity index (χ3n) is 2.61. The monoisotopic (exact) mass is 296 g/mol. The average molecular weight is 297 g/mol. The molecule has 0 aliphatic heterocycles. The van der Waals surface area contributed by atoms with Crippen molar-refractivity contribution in [3.8, 4) is 11.8 Å². The van der Waals surface area contributed by atoms with Crippen molar-refractivity contribution in [1.82, 2.24) is 4.90 Å². The first-order valence-corrected chi connectivity index (χ1v) is 6.31. The zero-order valence-corrected chi connectivity index (χ0v) is 12.0. The number of methoxy groups -OCH3 is 1. The van der Waals surface area contributed by atoms with E-state index in [9.17, 15) is 0 Å². The Hall–Kier alpha value is -1.05. The van der Waals surface area contributed by atoms with Gasteiger partial charge in [-0.2, -0.15) is 5.26 Å². The summed E-state index contributed by atoms with van der Waals surface area (Å²) in [6, 6.07) is 8.55. The summed E-state index contributed by atoms with van der Waals surface area (Å²) in [5, 5.41) is 8.78. The van der Waals surface area contributed by atoms with Crippen LogP contribution >= 0.6 is 15.9 Å². The lowest BCUT2D eigenvalue weighted by atomic mass is 10.2. The summed E-state index contributed by atoms with van der Waals surface area (Å²) >= 11 is 3.46. The molecule has 0 bridgehead atoms. The van der Waals surface area contributed by atoms with Crippen LogP contribution in [0.15, 0.2) is 22.7 Å². The number of halogens is 1. The molecule has 0 N–H and O–H groups in total. The van der Waals surface area contributed by atoms with E-state index >= 15 is 0 Å². The number of benzene rings is 1. The Morgan fingerprint density at radius 1 is 1.47 bits per heavy atom. The molecule has 0 atom stereocenters. The lowest BCUT2D eigenvalue weighted by molar-refractivity contribution is 0.240. The minimum Gasteiger partial charge on any atom is -0.496 e. The molecule has 0 aliphatic carbocycles. The normalized spacial score (nSPS) is 10.6. The highest BCUT2D eigenvalue weighted by Crippen LogP contribution is 2.26. The highest BCUT2D eigenvalue weighted by atomic mass is 79.9. The Morgan fingerprint density at radius 3 is 2.65 bits per heavy atom. The number of hydrogen-bond donors (Lipinski definition) is 0. The predicted molar refractivity (Wildman–Crippen MR) is 71.9 cm³/mol. The molecule has 92 valence electrons. The molecule has 3 nitrogen and oxygen atoms in total. The van der Waals surface area contributed by atoms with Crippen LogP contribution in [0.3, 0.4) is 0 Å². The Bertz CT molecular complexity index is 412. The number of nitrogens with zero attached hydrogens (tertiary/aromatic N) is 2. The molecule has 0 saturated carbocycles. The first-order valence-electron chi connectivity index (χ1n) is 5.52. The van der Waals surface area contributed by atoms with Gasteiger partial charge in [-0.3, -0.25) is 4.90 Å². The Kier molecular flexibility index (Phi) is 5.46. The summed E-state index contributed by atoms with van der Waals surface area (Å²) in [7, 11) is 1.65. The van der Waals surface area contributed by atoms with Gasteiger partial charge in [-0.1, -0.05) is 6.07 Å². The molecule has 0 aromatic heterocycles. The summed E-state index contributed by atoms with van der Waals surface area (Å²) < 4.78 is 6.13. The summed E-state index contributed by atoms with van der Waals surface area (Å²) in [5.74, 6) is 0.824. The minimum atomic E-state index is 0.357. The maximum atomic E-state index is 8.78. The van der Waals surface area contributed by atoms with Crippen LogP contribution in [0.25, 0.3) is 0 Å². The number of rotatable bonds is 5. The molecule has 0 saturated heterocycles. The van der Waals surface area contributed by atoms with Crippen molar-refractivity contribution in [2.45, 2.75) is 26.4 Å². The van der Waals surface area contributed by atoms with Gasteiger partial charge in [-0.05, 0) is 47.5 Å². The summed E-state index contributed by atoms with van der Waals surface area (Å²) in [5.41, 5.74) is 1.17. The molecule has 0 amide bonds.